The average molecular weight is 380 g/mol. The van der Waals surface area contributed by atoms with Gasteiger partial charge in [0.2, 0.25) is 0 Å². The Morgan fingerprint density at radius 1 is 1.07 bits per heavy atom. The molecule has 2 heterocycles. The van der Waals surface area contributed by atoms with Gasteiger partial charge < -0.3 is 10.4 Å². The summed E-state index contributed by atoms with van der Waals surface area (Å²) in [6.45, 7) is 5.44. The number of rotatable bonds is 4. The number of urea groups is 1. The third-order valence-electron chi connectivity index (χ3n) is 5.86. The van der Waals surface area contributed by atoms with E-state index < -0.39 is 0 Å². The van der Waals surface area contributed by atoms with Crippen molar-refractivity contribution in [2.45, 2.75) is 51.4 Å². The van der Waals surface area contributed by atoms with Crippen molar-refractivity contribution < 1.29 is 9.90 Å². The van der Waals surface area contributed by atoms with Crippen molar-refractivity contribution in [2.24, 2.45) is 0 Å². The zero-order valence-electron chi connectivity index (χ0n) is 16.5. The number of benzene rings is 2. The van der Waals surface area contributed by atoms with E-state index in [4.69, 9.17) is 0 Å². The maximum absolute atomic E-state index is 12.7. The second-order valence-electron chi connectivity index (χ2n) is 8.03. The minimum absolute atomic E-state index is 0.0339. The van der Waals surface area contributed by atoms with Crippen LogP contribution in [0, 0.1) is 0 Å². The molecule has 2 aromatic carbocycles. The Bertz CT molecular complexity index is 813. The minimum atomic E-state index is -0.132. The Kier molecular flexibility index (Phi) is 5.64. The van der Waals surface area contributed by atoms with Crippen LogP contribution < -0.4 is 10.2 Å². The van der Waals surface area contributed by atoms with E-state index in [-0.39, 0.29) is 18.2 Å². The first-order valence-corrected chi connectivity index (χ1v) is 10.2. The van der Waals surface area contributed by atoms with Crippen molar-refractivity contribution in [3.8, 4) is 0 Å². The Balaban J connectivity index is 1.31. The number of anilines is 1. The lowest BCUT2D eigenvalue weighted by atomic mass is 10.1. The summed E-state index contributed by atoms with van der Waals surface area (Å²) in [7, 11) is 0. The molecule has 1 unspecified atom stereocenters. The van der Waals surface area contributed by atoms with Crippen LogP contribution in [0.25, 0.3) is 0 Å². The Morgan fingerprint density at radius 3 is 2.50 bits per heavy atom. The number of carbonyl (C=O) groups is 1. The second-order valence-corrected chi connectivity index (χ2v) is 8.03. The summed E-state index contributed by atoms with van der Waals surface area (Å²) in [6.07, 6.45) is 2.50. The summed E-state index contributed by atoms with van der Waals surface area (Å²) < 4.78 is 0. The number of piperidine rings is 1. The van der Waals surface area contributed by atoms with Gasteiger partial charge in [-0.05, 0) is 48.9 Å². The average Bonchev–Trinajstić information content (AvgIpc) is 3.05. The number of hydrogen-bond acceptors (Lipinski definition) is 3. The molecule has 0 saturated carbocycles. The van der Waals surface area contributed by atoms with Crippen LogP contribution >= 0.6 is 0 Å². The third kappa shape index (κ3) is 4.21. The minimum Gasteiger partial charge on any atom is -0.393 e. The number of hydrogen-bond donors (Lipinski definition) is 2. The molecule has 0 aliphatic carbocycles. The van der Waals surface area contributed by atoms with Crippen LogP contribution in [0.5, 0.6) is 0 Å². The van der Waals surface area contributed by atoms with Crippen molar-refractivity contribution in [2.75, 3.05) is 18.0 Å². The van der Waals surface area contributed by atoms with Gasteiger partial charge in [0.15, 0.2) is 0 Å². The molecule has 4 rings (SSSR count). The summed E-state index contributed by atoms with van der Waals surface area (Å²) in [5, 5.41) is 12.7. The molecule has 0 radical (unpaired) electrons. The normalized spacial score (nSPS) is 20.2. The van der Waals surface area contributed by atoms with Gasteiger partial charge in [-0.15, -0.1) is 0 Å². The standard InChI is InChI=1S/C23H29N3O2/c1-17-14-20-4-2-3-5-22(20)26(17)23(28)24-15-18-6-8-19(9-7-18)16-25-12-10-21(27)11-13-25/h2-9,17,21,27H,10-16H2,1H3,(H,24,28). The molecular weight excluding hydrogens is 350 g/mol. The van der Waals surface area contributed by atoms with Gasteiger partial charge in [0.25, 0.3) is 0 Å². The highest BCUT2D eigenvalue weighted by atomic mass is 16.3. The lowest BCUT2D eigenvalue weighted by Crippen LogP contribution is -2.42. The van der Waals surface area contributed by atoms with Gasteiger partial charge in [-0.2, -0.15) is 0 Å². The van der Waals surface area contributed by atoms with E-state index in [1.165, 1.54) is 11.1 Å². The molecule has 2 aromatic rings. The monoisotopic (exact) mass is 379 g/mol. The number of nitrogens with one attached hydrogen (secondary N) is 1. The fourth-order valence-corrected chi connectivity index (χ4v) is 4.24. The van der Waals surface area contributed by atoms with E-state index in [0.717, 1.165) is 50.1 Å². The Labute approximate surface area is 167 Å². The number of amides is 2. The predicted octanol–water partition coefficient (Wildman–Crippen LogP) is 3.30. The van der Waals surface area contributed by atoms with E-state index in [1.807, 2.05) is 23.1 Å². The third-order valence-corrected chi connectivity index (χ3v) is 5.86. The van der Waals surface area contributed by atoms with Crippen LogP contribution in [0.3, 0.4) is 0 Å². The molecule has 1 atom stereocenters. The Morgan fingerprint density at radius 2 is 1.75 bits per heavy atom. The molecule has 28 heavy (non-hydrogen) atoms. The number of carbonyl (C=O) groups excluding carboxylic acids is 1. The number of aliphatic hydroxyl groups excluding tert-OH is 1. The van der Waals surface area contributed by atoms with Gasteiger partial charge in [0.05, 0.1) is 6.10 Å². The maximum atomic E-state index is 12.7. The highest BCUT2D eigenvalue weighted by molar-refractivity contribution is 5.94. The molecule has 1 saturated heterocycles. The van der Waals surface area contributed by atoms with Crippen molar-refractivity contribution in [3.63, 3.8) is 0 Å². The molecule has 0 aromatic heterocycles. The first-order valence-electron chi connectivity index (χ1n) is 10.2. The number of para-hydroxylation sites is 1. The van der Waals surface area contributed by atoms with Gasteiger partial charge in [-0.1, -0.05) is 42.5 Å². The molecule has 0 bridgehead atoms. The van der Waals surface area contributed by atoms with E-state index in [1.54, 1.807) is 0 Å². The van der Waals surface area contributed by atoms with Gasteiger partial charge in [-0.25, -0.2) is 4.79 Å². The Hall–Kier alpha value is -2.37. The molecular formula is C23H29N3O2. The van der Waals surface area contributed by atoms with Gasteiger partial charge in [0.1, 0.15) is 0 Å². The topological polar surface area (TPSA) is 55.8 Å². The maximum Gasteiger partial charge on any atom is 0.322 e. The zero-order chi connectivity index (χ0) is 19.5. The quantitative estimate of drug-likeness (QED) is 0.857. The van der Waals surface area contributed by atoms with Crippen LogP contribution in [-0.2, 0) is 19.5 Å². The molecule has 0 spiro atoms. The number of aliphatic hydroxyl groups is 1. The fraction of sp³-hybridized carbons (Fsp3) is 0.435. The number of likely N-dealkylation sites (tertiary alicyclic amines) is 1. The van der Waals surface area contributed by atoms with E-state index >= 15 is 0 Å². The predicted molar refractivity (Wildman–Crippen MR) is 111 cm³/mol. The van der Waals surface area contributed by atoms with Crippen LogP contribution in [0.15, 0.2) is 48.5 Å². The molecule has 148 valence electrons. The molecule has 2 N–H and O–H groups in total. The smallest absolute Gasteiger partial charge is 0.322 e. The summed E-state index contributed by atoms with van der Waals surface area (Å²) in [4.78, 5) is 17.0. The largest absolute Gasteiger partial charge is 0.393 e. The molecule has 2 aliphatic heterocycles. The zero-order valence-corrected chi connectivity index (χ0v) is 16.5. The molecule has 5 heteroatoms. The lowest BCUT2D eigenvalue weighted by molar-refractivity contribution is 0.0792. The second kappa shape index (κ2) is 8.33. The summed E-state index contributed by atoms with van der Waals surface area (Å²) in [6, 6.07) is 16.7. The number of fused-ring (bicyclic) bond motifs is 1. The van der Waals surface area contributed by atoms with E-state index in [0.29, 0.717) is 6.54 Å². The SMILES string of the molecule is CC1Cc2ccccc2N1C(=O)NCc1ccc(CN2CCC(O)CC2)cc1. The highest BCUT2D eigenvalue weighted by Crippen LogP contribution is 2.31. The first kappa shape index (κ1) is 19.0. The van der Waals surface area contributed by atoms with Gasteiger partial charge >= 0.3 is 6.03 Å². The van der Waals surface area contributed by atoms with Crippen LogP contribution in [0.1, 0.15) is 36.5 Å². The van der Waals surface area contributed by atoms with Crippen molar-refractivity contribution in [1.82, 2.24) is 10.2 Å². The van der Waals surface area contributed by atoms with Crippen molar-refractivity contribution >= 4 is 11.7 Å². The van der Waals surface area contributed by atoms with E-state index in [2.05, 4.69) is 47.5 Å². The first-order chi connectivity index (χ1) is 13.6. The summed E-state index contributed by atoms with van der Waals surface area (Å²) in [5.41, 5.74) is 4.63. The van der Waals surface area contributed by atoms with Crippen molar-refractivity contribution in [3.05, 3.63) is 65.2 Å². The number of nitrogens with zero attached hydrogens (tertiary/aromatic N) is 2. The summed E-state index contributed by atoms with van der Waals surface area (Å²) >= 11 is 0. The molecule has 2 aliphatic rings. The van der Waals surface area contributed by atoms with Crippen LogP contribution in [0.4, 0.5) is 10.5 Å². The van der Waals surface area contributed by atoms with Gasteiger partial charge in [0, 0.05) is 37.9 Å². The lowest BCUT2D eigenvalue weighted by Gasteiger charge is -2.29. The summed E-state index contributed by atoms with van der Waals surface area (Å²) in [5.74, 6) is 0. The van der Waals surface area contributed by atoms with Gasteiger partial charge in [-0.3, -0.25) is 9.80 Å². The highest BCUT2D eigenvalue weighted by Gasteiger charge is 2.30. The van der Waals surface area contributed by atoms with E-state index in [9.17, 15) is 9.90 Å². The fourth-order valence-electron chi connectivity index (χ4n) is 4.24. The van der Waals surface area contributed by atoms with Crippen LogP contribution in [-0.4, -0.2) is 41.3 Å². The van der Waals surface area contributed by atoms with Crippen LogP contribution in [0.2, 0.25) is 0 Å². The molecule has 5 nitrogen and oxygen atoms in total. The van der Waals surface area contributed by atoms with Crippen molar-refractivity contribution in [1.29, 1.82) is 0 Å². The molecule has 1 fully saturated rings. The molecule has 2 amide bonds.